The molecular formula is C11H15ClN4O. The summed E-state index contributed by atoms with van der Waals surface area (Å²) in [6.45, 7) is 5.27. The van der Waals surface area contributed by atoms with Gasteiger partial charge in [0.1, 0.15) is 0 Å². The van der Waals surface area contributed by atoms with Crippen LogP contribution in [0.4, 0.5) is 5.82 Å². The minimum Gasteiger partial charge on any atom is -0.369 e. The third-order valence-corrected chi connectivity index (χ3v) is 3.69. The Morgan fingerprint density at radius 2 is 2.12 bits per heavy atom. The van der Waals surface area contributed by atoms with Crippen molar-refractivity contribution in [3.8, 4) is 0 Å². The number of amides is 1. The number of hydrogen-bond donors (Lipinski definition) is 1. The maximum atomic E-state index is 11.1. The summed E-state index contributed by atoms with van der Waals surface area (Å²) in [7, 11) is 0. The first kappa shape index (κ1) is 12.1. The van der Waals surface area contributed by atoms with Crippen LogP contribution in [0.1, 0.15) is 17.5 Å². The van der Waals surface area contributed by atoms with E-state index < -0.39 is 0 Å². The quantitative estimate of drug-likeness (QED) is 0.857. The van der Waals surface area contributed by atoms with Gasteiger partial charge in [-0.3, -0.25) is 4.79 Å². The van der Waals surface area contributed by atoms with E-state index in [2.05, 4.69) is 10.2 Å². The summed E-state index contributed by atoms with van der Waals surface area (Å²) in [4.78, 5) is 13.2. The number of carbonyl (C=O) groups excluding carboxylic acids is 1. The van der Waals surface area contributed by atoms with Crippen molar-refractivity contribution < 1.29 is 4.79 Å². The molecule has 0 aliphatic carbocycles. The van der Waals surface area contributed by atoms with E-state index in [1.54, 1.807) is 0 Å². The molecule has 1 unspecified atom stereocenters. The molecule has 0 radical (unpaired) electrons. The molecule has 2 N–H and O–H groups in total. The van der Waals surface area contributed by atoms with E-state index in [0.717, 1.165) is 29.9 Å². The van der Waals surface area contributed by atoms with Crippen molar-refractivity contribution in [2.75, 3.05) is 18.0 Å². The highest BCUT2D eigenvalue weighted by molar-refractivity contribution is 6.30. The van der Waals surface area contributed by atoms with Gasteiger partial charge in [0.15, 0.2) is 11.0 Å². The lowest BCUT2D eigenvalue weighted by atomic mass is 10.1. The number of hydrogen-bond acceptors (Lipinski definition) is 4. The average Bonchev–Trinajstić information content (AvgIpc) is 2.75. The largest absolute Gasteiger partial charge is 0.369 e. The Balaban J connectivity index is 2.25. The van der Waals surface area contributed by atoms with Crippen molar-refractivity contribution >= 4 is 23.3 Å². The van der Waals surface area contributed by atoms with Crippen LogP contribution < -0.4 is 10.6 Å². The van der Waals surface area contributed by atoms with Gasteiger partial charge in [0.25, 0.3) is 0 Å². The predicted octanol–water partition coefficient (Wildman–Crippen LogP) is 1.06. The van der Waals surface area contributed by atoms with Gasteiger partial charge in [0.05, 0.1) is 5.92 Å². The van der Waals surface area contributed by atoms with Gasteiger partial charge < -0.3 is 10.6 Å². The summed E-state index contributed by atoms with van der Waals surface area (Å²) in [6.07, 6.45) is 0.776. The zero-order valence-electron chi connectivity index (χ0n) is 9.90. The smallest absolute Gasteiger partial charge is 0.222 e. The molecule has 2 heterocycles. The molecule has 17 heavy (non-hydrogen) atoms. The maximum absolute atomic E-state index is 11.1. The van der Waals surface area contributed by atoms with Gasteiger partial charge in [-0.15, -0.1) is 10.2 Å². The summed E-state index contributed by atoms with van der Waals surface area (Å²) in [5, 5.41) is 8.45. The first-order chi connectivity index (χ1) is 8.00. The van der Waals surface area contributed by atoms with E-state index in [0.29, 0.717) is 11.7 Å². The molecule has 1 amide bonds. The third kappa shape index (κ3) is 2.20. The summed E-state index contributed by atoms with van der Waals surface area (Å²) >= 11 is 5.91. The van der Waals surface area contributed by atoms with Crippen molar-refractivity contribution in [1.29, 1.82) is 0 Å². The molecule has 0 saturated carbocycles. The van der Waals surface area contributed by atoms with Gasteiger partial charge in [0.2, 0.25) is 5.91 Å². The van der Waals surface area contributed by atoms with E-state index >= 15 is 0 Å². The lowest BCUT2D eigenvalue weighted by Gasteiger charge is -2.19. The lowest BCUT2D eigenvalue weighted by Crippen LogP contribution is -2.28. The van der Waals surface area contributed by atoms with Gasteiger partial charge in [-0.05, 0) is 31.4 Å². The van der Waals surface area contributed by atoms with Gasteiger partial charge in [0, 0.05) is 13.1 Å². The second kappa shape index (κ2) is 4.49. The summed E-state index contributed by atoms with van der Waals surface area (Å²) in [6, 6.07) is 0. The normalized spacial score (nSPS) is 19.7. The zero-order chi connectivity index (χ0) is 12.6. The maximum Gasteiger partial charge on any atom is 0.222 e. The highest BCUT2D eigenvalue weighted by Gasteiger charge is 2.28. The third-order valence-electron chi connectivity index (χ3n) is 3.33. The van der Waals surface area contributed by atoms with Crippen LogP contribution in [0.2, 0.25) is 5.15 Å². The number of halogens is 1. The van der Waals surface area contributed by atoms with Crippen LogP contribution in [0, 0.1) is 19.8 Å². The number of aromatic nitrogens is 2. The topological polar surface area (TPSA) is 72.1 Å². The average molecular weight is 255 g/mol. The van der Waals surface area contributed by atoms with E-state index in [1.165, 1.54) is 0 Å². The minimum absolute atomic E-state index is 0.0906. The van der Waals surface area contributed by atoms with Crippen LogP contribution >= 0.6 is 11.6 Å². The fraction of sp³-hybridized carbons (Fsp3) is 0.545. The molecule has 1 atom stereocenters. The zero-order valence-corrected chi connectivity index (χ0v) is 10.7. The van der Waals surface area contributed by atoms with Crippen LogP contribution in [0.3, 0.4) is 0 Å². The molecule has 0 bridgehead atoms. The number of nitrogens with two attached hydrogens (primary N) is 1. The van der Waals surface area contributed by atoms with Crippen molar-refractivity contribution in [2.24, 2.45) is 11.7 Å². The van der Waals surface area contributed by atoms with Gasteiger partial charge >= 0.3 is 0 Å². The van der Waals surface area contributed by atoms with Crippen LogP contribution in [0.25, 0.3) is 0 Å². The Morgan fingerprint density at radius 3 is 2.71 bits per heavy atom. The number of anilines is 1. The molecule has 0 aromatic carbocycles. The van der Waals surface area contributed by atoms with Crippen LogP contribution in [0.5, 0.6) is 0 Å². The number of nitrogens with zero attached hydrogens (tertiary/aromatic N) is 3. The number of rotatable bonds is 2. The molecular weight excluding hydrogens is 240 g/mol. The van der Waals surface area contributed by atoms with E-state index in [-0.39, 0.29) is 11.8 Å². The molecule has 1 fully saturated rings. The molecule has 6 heteroatoms. The van der Waals surface area contributed by atoms with Crippen molar-refractivity contribution in [3.63, 3.8) is 0 Å². The molecule has 1 aromatic heterocycles. The SMILES string of the molecule is Cc1c(Cl)nnc(N2CCC(C(N)=O)C2)c1C. The minimum atomic E-state index is -0.246. The molecule has 92 valence electrons. The van der Waals surface area contributed by atoms with Crippen LogP contribution in [-0.4, -0.2) is 29.2 Å². The van der Waals surface area contributed by atoms with Gasteiger partial charge in [-0.1, -0.05) is 11.6 Å². The monoisotopic (exact) mass is 254 g/mol. The number of primary amides is 1. The van der Waals surface area contributed by atoms with Gasteiger partial charge in [-0.25, -0.2) is 0 Å². The van der Waals surface area contributed by atoms with Crippen molar-refractivity contribution in [3.05, 3.63) is 16.3 Å². The fourth-order valence-corrected chi connectivity index (χ4v) is 2.23. The van der Waals surface area contributed by atoms with E-state index in [1.807, 2.05) is 18.7 Å². The van der Waals surface area contributed by atoms with Crippen LogP contribution in [0.15, 0.2) is 0 Å². The van der Waals surface area contributed by atoms with E-state index in [4.69, 9.17) is 17.3 Å². The first-order valence-electron chi connectivity index (χ1n) is 5.54. The molecule has 1 saturated heterocycles. The van der Waals surface area contributed by atoms with Crippen LogP contribution in [-0.2, 0) is 4.79 Å². The van der Waals surface area contributed by atoms with E-state index in [9.17, 15) is 4.79 Å². The highest BCUT2D eigenvalue weighted by atomic mass is 35.5. The Hall–Kier alpha value is -1.36. The molecule has 5 nitrogen and oxygen atoms in total. The molecule has 2 rings (SSSR count). The Labute approximate surface area is 105 Å². The second-order valence-electron chi connectivity index (χ2n) is 4.40. The standard InChI is InChI=1S/C11H15ClN4O/c1-6-7(2)11(15-14-9(6)12)16-4-3-8(5-16)10(13)17/h8H,3-5H2,1-2H3,(H2,13,17). The molecule has 1 aliphatic heterocycles. The predicted molar refractivity (Wildman–Crippen MR) is 66.0 cm³/mol. The highest BCUT2D eigenvalue weighted by Crippen LogP contribution is 2.27. The first-order valence-corrected chi connectivity index (χ1v) is 5.92. The Kier molecular flexibility index (Phi) is 3.19. The fourth-order valence-electron chi connectivity index (χ4n) is 2.05. The summed E-state index contributed by atoms with van der Waals surface area (Å²) in [5.41, 5.74) is 7.25. The Bertz CT molecular complexity index is 463. The summed E-state index contributed by atoms with van der Waals surface area (Å²) < 4.78 is 0. The summed E-state index contributed by atoms with van der Waals surface area (Å²) in [5.74, 6) is 0.464. The lowest BCUT2D eigenvalue weighted by molar-refractivity contribution is -0.121. The van der Waals surface area contributed by atoms with Crippen molar-refractivity contribution in [2.45, 2.75) is 20.3 Å². The Morgan fingerprint density at radius 1 is 1.41 bits per heavy atom. The second-order valence-corrected chi connectivity index (χ2v) is 4.76. The number of carbonyl (C=O) groups is 1. The molecule has 0 spiro atoms. The van der Waals surface area contributed by atoms with Crippen molar-refractivity contribution in [1.82, 2.24) is 10.2 Å². The molecule has 1 aromatic rings. The molecule has 1 aliphatic rings. The van der Waals surface area contributed by atoms with Gasteiger partial charge in [-0.2, -0.15) is 0 Å².